The highest BCUT2D eigenvalue weighted by Gasteiger charge is 2.26. The Hall–Kier alpha value is -1.87. The van der Waals surface area contributed by atoms with Gasteiger partial charge >= 0.3 is 5.97 Å². The van der Waals surface area contributed by atoms with Crippen molar-refractivity contribution in [2.45, 2.75) is 31.4 Å². The van der Waals surface area contributed by atoms with Crippen molar-refractivity contribution in [2.75, 3.05) is 20.6 Å². The molecule has 9 heteroatoms. The van der Waals surface area contributed by atoms with Crippen LogP contribution in [-0.2, 0) is 14.8 Å². The van der Waals surface area contributed by atoms with Crippen LogP contribution >= 0.6 is 0 Å². The molecule has 22 heavy (non-hydrogen) atoms. The normalized spacial score (nSPS) is 11.9. The first-order valence-corrected chi connectivity index (χ1v) is 8.06. The number of nitrogens with zero attached hydrogens (tertiary/aromatic N) is 2. The Labute approximate surface area is 129 Å². The van der Waals surface area contributed by atoms with Crippen LogP contribution < -0.4 is 0 Å². The zero-order chi connectivity index (χ0) is 17.1. The first-order chi connectivity index (χ1) is 10.1. The smallest absolute Gasteiger partial charge is 0.305 e. The molecule has 1 heterocycles. The van der Waals surface area contributed by atoms with E-state index in [2.05, 4.69) is 0 Å². The molecule has 1 rings (SSSR count). The highest BCUT2D eigenvalue weighted by atomic mass is 32.2. The summed E-state index contributed by atoms with van der Waals surface area (Å²) in [7, 11) is -1.05. The van der Waals surface area contributed by atoms with E-state index in [1.807, 2.05) is 0 Å². The summed E-state index contributed by atoms with van der Waals surface area (Å²) in [5.41, 5.74) is 0. The Morgan fingerprint density at radius 3 is 2.32 bits per heavy atom. The van der Waals surface area contributed by atoms with Crippen molar-refractivity contribution < 1.29 is 27.5 Å². The molecule has 0 unspecified atom stereocenters. The SMILES string of the molecule is CC(C)N(CCC(=O)O)C(=O)c1ccc(S(=O)(=O)N(C)C)o1. The van der Waals surface area contributed by atoms with Crippen LogP contribution in [-0.4, -0.2) is 61.3 Å². The molecule has 8 nitrogen and oxygen atoms in total. The lowest BCUT2D eigenvalue weighted by Crippen LogP contribution is -2.38. The number of furan rings is 1. The minimum absolute atomic E-state index is 0.0162. The van der Waals surface area contributed by atoms with Crippen LogP contribution in [0.25, 0.3) is 0 Å². The zero-order valence-electron chi connectivity index (χ0n) is 12.9. The van der Waals surface area contributed by atoms with Gasteiger partial charge in [0.1, 0.15) is 0 Å². The van der Waals surface area contributed by atoms with Crippen LogP contribution in [0.4, 0.5) is 0 Å². The number of hydrogen-bond acceptors (Lipinski definition) is 5. The van der Waals surface area contributed by atoms with E-state index in [1.54, 1.807) is 13.8 Å². The fourth-order valence-electron chi connectivity index (χ4n) is 1.71. The first kappa shape index (κ1) is 18.2. The van der Waals surface area contributed by atoms with Crippen molar-refractivity contribution in [3.05, 3.63) is 17.9 Å². The van der Waals surface area contributed by atoms with E-state index >= 15 is 0 Å². The molecule has 0 aliphatic carbocycles. The van der Waals surface area contributed by atoms with Crippen LogP contribution in [0, 0.1) is 0 Å². The van der Waals surface area contributed by atoms with Gasteiger partial charge in [-0.1, -0.05) is 0 Å². The molecule has 0 bridgehead atoms. The average Bonchev–Trinajstić information content (AvgIpc) is 2.87. The van der Waals surface area contributed by atoms with Gasteiger partial charge in [-0.05, 0) is 26.0 Å². The van der Waals surface area contributed by atoms with Gasteiger partial charge in [0, 0.05) is 26.7 Å². The molecular formula is C13H20N2O6S. The van der Waals surface area contributed by atoms with Crippen molar-refractivity contribution in [1.82, 2.24) is 9.21 Å². The molecule has 1 aromatic rings. The molecule has 0 saturated heterocycles. The third-order valence-electron chi connectivity index (χ3n) is 2.98. The van der Waals surface area contributed by atoms with Crippen LogP contribution in [0.5, 0.6) is 0 Å². The minimum Gasteiger partial charge on any atom is -0.481 e. The highest BCUT2D eigenvalue weighted by molar-refractivity contribution is 7.88. The van der Waals surface area contributed by atoms with Crippen LogP contribution in [0.2, 0.25) is 0 Å². The van der Waals surface area contributed by atoms with Crippen LogP contribution in [0.1, 0.15) is 30.8 Å². The fraction of sp³-hybridized carbons (Fsp3) is 0.538. The Bertz CT molecular complexity index is 647. The molecule has 0 aliphatic rings. The molecule has 0 aliphatic heterocycles. The quantitative estimate of drug-likeness (QED) is 0.793. The lowest BCUT2D eigenvalue weighted by molar-refractivity contribution is -0.137. The molecule has 1 amide bonds. The Morgan fingerprint density at radius 1 is 1.27 bits per heavy atom. The van der Waals surface area contributed by atoms with E-state index in [-0.39, 0.29) is 29.9 Å². The topological polar surface area (TPSA) is 108 Å². The number of carbonyl (C=O) groups is 2. The highest BCUT2D eigenvalue weighted by Crippen LogP contribution is 2.19. The maximum Gasteiger partial charge on any atom is 0.305 e. The van der Waals surface area contributed by atoms with Gasteiger partial charge in [-0.15, -0.1) is 0 Å². The van der Waals surface area contributed by atoms with E-state index in [0.29, 0.717) is 0 Å². The number of aliphatic carboxylic acids is 1. The van der Waals surface area contributed by atoms with Crippen molar-refractivity contribution in [3.8, 4) is 0 Å². The summed E-state index contributed by atoms with van der Waals surface area (Å²) in [6.45, 7) is 3.49. The molecule has 1 N–H and O–H groups in total. The molecule has 0 aromatic carbocycles. The van der Waals surface area contributed by atoms with Crippen molar-refractivity contribution in [2.24, 2.45) is 0 Å². The van der Waals surface area contributed by atoms with E-state index in [4.69, 9.17) is 9.52 Å². The van der Waals surface area contributed by atoms with Gasteiger partial charge in [-0.2, -0.15) is 0 Å². The second-order valence-corrected chi connectivity index (χ2v) is 7.22. The number of carboxylic acids is 1. The summed E-state index contributed by atoms with van der Waals surface area (Å²) < 4.78 is 30.0. The molecule has 1 aromatic heterocycles. The van der Waals surface area contributed by atoms with Gasteiger partial charge in [0.25, 0.3) is 15.9 Å². The predicted molar refractivity (Wildman–Crippen MR) is 78.0 cm³/mol. The van der Waals surface area contributed by atoms with Crippen LogP contribution in [0.3, 0.4) is 0 Å². The average molecular weight is 332 g/mol. The lowest BCUT2D eigenvalue weighted by atomic mass is 10.2. The lowest BCUT2D eigenvalue weighted by Gasteiger charge is -2.25. The fourth-order valence-corrected chi connectivity index (χ4v) is 2.50. The molecule has 0 atom stereocenters. The zero-order valence-corrected chi connectivity index (χ0v) is 13.8. The van der Waals surface area contributed by atoms with Gasteiger partial charge in [-0.25, -0.2) is 12.7 Å². The second kappa shape index (κ2) is 6.93. The van der Waals surface area contributed by atoms with Gasteiger partial charge < -0.3 is 14.4 Å². The van der Waals surface area contributed by atoms with Gasteiger partial charge in [-0.3, -0.25) is 9.59 Å². The molecule has 0 saturated carbocycles. The maximum absolute atomic E-state index is 12.3. The number of rotatable bonds is 7. The minimum atomic E-state index is -3.76. The van der Waals surface area contributed by atoms with E-state index in [1.165, 1.54) is 31.1 Å². The van der Waals surface area contributed by atoms with E-state index in [0.717, 1.165) is 4.31 Å². The Kier molecular flexibility index (Phi) is 5.72. The van der Waals surface area contributed by atoms with Crippen LogP contribution in [0.15, 0.2) is 21.6 Å². The molecule has 0 spiro atoms. The van der Waals surface area contributed by atoms with Crippen molar-refractivity contribution in [3.63, 3.8) is 0 Å². The summed E-state index contributed by atoms with van der Waals surface area (Å²) in [4.78, 5) is 24.3. The predicted octanol–water partition coefficient (Wildman–Crippen LogP) is 0.855. The molecule has 0 radical (unpaired) electrons. The van der Waals surface area contributed by atoms with E-state index < -0.39 is 21.9 Å². The summed E-state index contributed by atoms with van der Waals surface area (Å²) in [5.74, 6) is -1.70. The third kappa shape index (κ3) is 4.08. The van der Waals surface area contributed by atoms with Gasteiger partial charge in [0.2, 0.25) is 5.09 Å². The van der Waals surface area contributed by atoms with Gasteiger partial charge in [0.05, 0.1) is 6.42 Å². The second-order valence-electron chi connectivity index (χ2n) is 5.14. The summed E-state index contributed by atoms with van der Waals surface area (Å²) in [6.07, 6.45) is -0.201. The monoisotopic (exact) mass is 332 g/mol. The maximum atomic E-state index is 12.3. The molecule has 124 valence electrons. The largest absolute Gasteiger partial charge is 0.481 e. The van der Waals surface area contributed by atoms with Crippen molar-refractivity contribution >= 4 is 21.9 Å². The number of amides is 1. The Morgan fingerprint density at radius 2 is 1.86 bits per heavy atom. The summed E-state index contributed by atoms with van der Waals surface area (Å²) >= 11 is 0. The number of hydrogen-bond donors (Lipinski definition) is 1. The summed E-state index contributed by atoms with van der Waals surface area (Å²) in [5, 5.41) is 8.39. The molecular weight excluding hydrogens is 312 g/mol. The number of carboxylic acid groups (broad SMARTS) is 1. The standard InChI is InChI=1S/C13H20N2O6S/c1-9(2)15(8-7-11(16)17)13(18)10-5-6-12(21-10)22(19,20)14(3)4/h5-6,9H,7-8H2,1-4H3,(H,16,17). The van der Waals surface area contributed by atoms with E-state index in [9.17, 15) is 18.0 Å². The summed E-state index contributed by atoms with van der Waals surface area (Å²) in [6, 6.07) is 2.23. The Balaban J connectivity index is 3.02. The third-order valence-corrected chi connectivity index (χ3v) is 4.67. The number of carbonyl (C=O) groups excluding carboxylic acids is 1. The molecule has 0 fully saturated rings. The van der Waals surface area contributed by atoms with Gasteiger partial charge in [0.15, 0.2) is 5.76 Å². The first-order valence-electron chi connectivity index (χ1n) is 6.62. The number of sulfonamides is 1. The van der Waals surface area contributed by atoms with Crippen molar-refractivity contribution in [1.29, 1.82) is 0 Å².